The first-order chi connectivity index (χ1) is 33.0. The van der Waals surface area contributed by atoms with Crippen molar-refractivity contribution in [3.63, 3.8) is 0 Å². The van der Waals surface area contributed by atoms with E-state index < -0.39 is 108 Å². The molecule has 2 saturated heterocycles. The molecule has 12 N–H and O–H groups in total. The third-order valence-electron chi connectivity index (χ3n) is 12.4. The van der Waals surface area contributed by atoms with Crippen LogP contribution in [0.4, 0.5) is 0 Å². The quantitative estimate of drug-likeness (QED) is 0.0220. The number of amides is 10. The molecule has 396 valence electrons. The van der Waals surface area contributed by atoms with Gasteiger partial charge >= 0.3 is 0 Å². The average molecular weight is 992 g/mol. The Kier molecular flexibility index (Phi) is 25.6. The van der Waals surface area contributed by atoms with Crippen LogP contribution in [-0.4, -0.2) is 180 Å². The minimum absolute atomic E-state index is 0.0940. The van der Waals surface area contributed by atoms with E-state index in [1.807, 2.05) is 20.8 Å². The van der Waals surface area contributed by atoms with Crippen LogP contribution in [0.15, 0.2) is 4.99 Å². The highest BCUT2D eigenvalue weighted by atomic mass is 16.3. The summed E-state index contributed by atoms with van der Waals surface area (Å²) in [5.74, 6) is -6.70. The number of aliphatic hydroxyl groups is 1. The molecule has 0 spiro atoms. The molecule has 0 aromatic rings. The summed E-state index contributed by atoms with van der Waals surface area (Å²) in [6, 6.07) is -8.02. The van der Waals surface area contributed by atoms with Gasteiger partial charge in [-0.25, -0.2) is 0 Å². The summed E-state index contributed by atoms with van der Waals surface area (Å²) in [6.07, 6.45) is 1.77. The molecular weight excluding hydrogens is 911 g/mol. The molecule has 10 amide bonds. The lowest BCUT2D eigenvalue weighted by Crippen LogP contribution is -2.62. The van der Waals surface area contributed by atoms with E-state index in [0.717, 1.165) is 0 Å². The third-order valence-corrected chi connectivity index (χ3v) is 12.4. The van der Waals surface area contributed by atoms with Crippen molar-refractivity contribution in [2.75, 3.05) is 46.3 Å². The molecule has 0 radical (unpaired) electrons. The molecule has 9 atom stereocenters. The highest BCUT2D eigenvalue weighted by molar-refractivity contribution is 5.98. The zero-order valence-corrected chi connectivity index (χ0v) is 42.6. The fraction of sp³-hybridized carbons (Fsp3) is 0.761. The van der Waals surface area contributed by atoms with Gasteiger partial charge in [-0.2, -0.15) is 0 Å². The number of guanidine groups is 1. The second-order valence-electron chi connectivity index (χ2n) is 18.6. The van der Waals surface area contributed by atoms with Crippen molar-refractivity contribution >= 4 is 65.0 Å². The monoisotopic (exact) mass is 992 g/mol. The number of nitrogens with one attached hydrogen (secondary N) is 7. The minimum Gasteiger partial charge on any atom is -0.391 e. The zero-order valence-electron chi connectivity index (χ0n) is 42.6. The van der Waals surface area contributed by atoms with Gasteiger partial charge in [0, 0.05) is 40.2 Å². The minimum atomic E-state index is -1.60. The van der Waals surface area contributed by atoms with Crippen LogP contribution in [0.1, 0.15) is 120 Å². The van der Waals surface area contributed by atoms with Crippen molar-refractivity contribution in [1.82, 2.24) is 51.9 Å². The van der Waals surface area contributed by atoms with E-state index in [2.05, 4.69) is 42.2 Å². The first-order valence-corrected chi connectivity index (χ1v) is 24.6. The molecule has 2 aliphatic heterocycles. The van der Waals surface area contributed by atoms with Crippen LogP contribution in [0, 0.1) is 11.8 Å². The average Bonchev–Trinajstić information content (AvgIpc) is 4.00. The Morgan fingerprint density at radius 1 is 0.714 bits per heavy atom. The van der Waals surface area contributed by atoms with Gasteiger partial charge in [0.15, 0.2) is 5.96 Å². The van der Waals surface area contributed by atoms with Crippen LogP contribution in [0.2, 0.25) is 0 Å². The summed E-state index contributed by atoms with van der Waals surface area (Å²) in [7, 11) is 1.44. The normalized spacial score (nSPS) is 18.4. The van der Waals surface area contributed by atoms with Gasteiger partial charge in [-0.1, -0.05) is 47.5 Å². The summed E-state index contributed by atoms with van der Waals surface area (Å²) in [5, 5.41) is 29.5. The lowest BCUT2D eigenvalue weighted by Gasteiger charge is -2.31. The van der Waals surface area contributed by atoms with Gasteiger partial charge in [0.1, 0.15) is 42.3 Å². The van der Waals surface area contributed by atoms with Crippen LogP contribution in [0.3, 0.4) is 0 Å². The predicted molar refractivity (Wildman–Crippen MR) is 260 cm³/mol. The van der Waals surface area contributed by atoms with Gasteiger partial charge in [-0.05, 0) is 77.0 Å². The zero-order chi connectivity index (χ0) is 52.8. The van der Waals surface area contributed by atoms with Crippen LogP contribution in [-0.2, 0) is 47.9 Å². The molecule has 0 saturated carbocycles. The maximum Gasteiger partial charge on any atom is 0.245 e. The lowest BCUT2D eigenvalue weighted by atomic mass is 9.96. The molecule has 70 heavy (non-hydrogen) atoms. The van der Waals surface area contributed by atoms with Gasteiger partial charge in [0.25, 0.3) is 0 Å². The second-order valence-corrected chi connectivity index (χ2v) is 18.6. The first-order valence-electron chi connectivity index (χ1n) is 24.6. The summed E-state index contributed by atoms with van der Waals surface area (Å²) in [5.41, 5.74) is 11.0. The Morgan fingerprint density at radius 3 is 1.84 bits per heavy atom. The number of hydrogen-bond acceptors (Lipinski definition) is 12. The van der Waals surface area contributed by atoms with E-state index in [1.165, 1.54) is 35.6 Å². The molecule has 1 unspecified atom stereocenters. The Hall–Kier alpha value is -6.07. The largest absolute Gasteiger partial charge is 0.391 e. The standard InChI is InChI=1S/C46H81N13O11/c1-10-16-30(39(64)55-37(27(6)11-2)43(68)53-31(17-13-20-50-46(47)48)45(70)59-22-15-18-33(59)41(66)49-12-3)52-44(69)38(28(7)60)56-40(65)32(23-26(4)5)54-42(67)34-19-14-21-58(34)36(63)24-51-35(62)25-57(9)29(8)61/h26-28,30-34,37-38,60H,10-25H2,1-9H3,(H,49,66)(H,51,62)(H,52,69)(H,53,68)(H,54,67)(H,55,64)(H,56,65)(H4,47,48,50)/t27-,28+,30-,31-,32+,33-,34?,37-,38-/m0/s1. The maximum atomic E-state index is 14.2. The van der Waals surface area contributed by atoms with Crippen molar-refractivity contribution in [1.29, 1.82) is 0 Å². The SMILES string of the molecule is CCC[C@H](NC(=O)[C@@H](NC(=O)[C@@H](CC(C)C)NC(=O)C1CCCN1C(=O)CNC(=O)CN(C)C(C)=O)[C@@H](C)O)C(=O)N[C@H](C(=O)N[C@@H](CCCN=C(N)N)C(=O)N1CCC[C@H]1C(=O)NCC)[C@@H](C)CC. The van der Waals surface area contributed by atoms with Crippen molar-refractivity contribution in [3.05, 3.63) is 0 Å². The fourth-order valence-electron chi connectivity index (χ4n) is 8.22. The predicted octanol–water partition coefficient (Wildman–Crippen LogP) is -2.55. The molecule has 0 aliphatic carbocycles. The molecule has 2 aliphatic rings. The third kappa shape index (κ3) is 19.0. The van der Waals surface area contributed by atoms with Crippen LogP contribution < -0.4 is 48.7 Å². The smallest absolute Gasteiger partial charge is 0.245 e. The van der Waals surface area contributed by atoms with Crippen molar-refractivity contribution < 1.29 is 53.1 Å². The number of likely N-dealkylation sites (N-methyl/N-ethyl adjacent to an activating group) is 2. The van der Waals surface area contributed by atoms with Crippen molar-refractivity contribution in [3.8, 4) is 0 Å². The van der Waals surface area contributed by atoms with Gasteiger partial charge in [-0.3, -0.25) is 52.9 Å². The van der Waals surface area contributed by atoms with E-state index in [-0.39, 0.29) is 69.0 Å². The van der Waals surface area contributed by atoms with E-state index in [1.54, 1.807) is 20.8 Å². The molecule has 24 nitrogen and oxygen atoms in total. The number of rotatable bonds is 28. The number of likely N-dealkylation sites (tertiary alicyclic amines) is 2. The van der Waals surface area contributed by atoms with E-state index >= 15 is 0 Å². The highest BCUT2D eigenvalue weighted by Crippen LogP contribution is 2.21. The van der Waals surface area contributed by atoms with Gasteiger partial charge in [0.2, 0.25) is 59.1 Å². The summed E-state index contributed by atoms with van der Waals surface area (Å²) in [6.45, 7) is 13.7. The summed E-state index contributed by atoms with van der Waals surface area (Å²) >= 11 is 0. The molecule has 0 bridgehead atoms. The van der Waals surface area contributed by atoms with Crippen LogP contribution in [0.5, 0.6) is 0 Å². The van der Waals surface area contributed by atoms with Crippen molar-refractivity contribution in [2.45, 2.75) is 168 Å². The van der Waals surface area contributed by atoms with Crippen LogP contribution >= 0.6 is 0 Å². The van der Waals surface area contributed by atoms with E-state index in [4.69, 9.17) is 11.5 Å². The number of aliphatic hydroxyl groups excluding tert-OH is 1. The maximum absolute atomic E-state index is 14.2. The van der Waals surface area contributed by atoms with Crippen LogP contribution in [0.25, 0.3) is 0 Å². The van der Waals surface area contributed by atoms with Crippen molar-refractivity contribution in [2.24, 2.45) is 28.3 Å². The molecular formula is C46H81N13O11. The molecule has 2 fully saturated rings. The molecule has 0 aromatic carbocycles. The number of aliphatic imine (C=N–C) groups is 1. The Balaban J connectivity index is 2.26. The number of carbonyl (C=O) groups excluding carboxylic acids is 10. The Morgan fingerprint density at radius 2 is 1.29 bits per heavy atom. The molecule has 2 heterocycles. The molecule has 2 rings (SSSR count). The topological polar surface area (TPSA) is 349 Å². The summed E-state index contributed by atoms with van der Waals surface area (Å²) < 4.78 is 0. The van der Waals surface area contributed by atoms with Gasteiger partial charge in [0.05, 0.1) is 19.2 Å². The Labute approximate surface area is 411 Å². The number of carbonyl (C=O) groups is 10. The number of nitrogens with two attached hydrogens (primary N) is 2. The summed E-state index contributed by atoms with van der Waals surface area (Å²) in [4.78, 5) is 142. The number of hydrogen-bond donors (Lipinski definition) is 10. The van der Waals surface area contributed by atoms with E-state index in [0.29, 0.717) is 51.6 Å². The fourth-order valence-corrected chi connectivity index (χ4v) is 8.22. The van der Waals surface area contributed by atoms with E-state index in [9.17, 15) is 53.1 Å². The Bertz CT molecular complexity index is 1860. The molecule has 0 aromatic heterocycles. The van der Waals surface area contributed by atoms with Gasteiger partial charge < -0.3 is 68.5 Å². The second kappa shape index (κ2) is 29.8. The number of nitrogens with zero attached hydrogens (tertiary/aromatic N) is 4. The first kappa shape index (κ1) is 60.1. The highest BCUT2D eigenvalue weighted by Gasteiger charge is 2.41. The van der Waals surface area contributed by atoms with Gasteiger partial charge in [-0.15, -0.1) is 0 Å². The molecule has 24 heteroatoms. The lowest BCUT2D eigenvalue weighted by molar-refractivity contribution is -0.142.